The van der Waals surface area contributed by atoms with Gasteiger partial charge < -0.3 is 9.64 Å². The summed E-state index contributed by atoms with van der Waals surface area (Å²) in [5.41, 5.74) is 2.60. The van der Waals surface area contributed by atoms with Gasteiger partial charge in [0.2, 0.25) is 0 Å². The molecule has 1 unspecified atom stereocenters. The molecular weight excluding hydrogens is 262 g/mol. The molecule has 0 aliphatic carbocycles. The van der Waals surface area contributed by atoms with Crippen molar-refractivity contribution >= 4 is 6.29 Å². The fourth-order valence-corrected chi connectivity index (χ4v) is 2.39. The molecule has 3 nitrogen and oxygen atoms in total. The second-order valence-electron chi connectivity index (χ2n) is 5.26. The van der Waals surface area contributed by atoms with Gasteiger partial charge in [-0.3, -0.25) is 4.79 Å². The lowest BCUT2D eigenvalue weighted by Gasteiger charge is -2.30. The van der Waals surface area contributed by atoms with Crippen molar-refractivity contribution in [1.82, 2.24) is 4.90 Å². The second-order valence-corrected chi connectivity index (χ2v) is 5.26. The zero-order valence-electron chi connectivity index (χ0n) is 13.7. The lowest BCUT2D eigenvalue weighted by Crippen LogP contribution is -2.31. The van der Waals surface area contributed by atoms with Crippen molar-refractivity contribution in [2.45, 2.75) is 46.6 Å². The van der Waals surface area contributed by atoms with Gasteiger partial charge >= 0.3 is 0 Å². The van der Waals surface area contributed by atoms with Gasteiger partial charge in [-0.2, -0.15) is 0 Å². The van der Waals surface area contributed by atoms with Gasteiger partial charge in [0.25, 0.3) is 0 Å². The summed E-state index contributed by atoms with van der Waals surface area (Å²) < 4.78 is 5.61. The van der Waals surface area contributed by atoms with Gasteiger partial charge in [0.05, 0.1) is 12.2 Å². The third-order valence-electron chi connectivity index (χ3n) is 3.78. The van der Waals surface area contributed by atoms with Crippen LogP contribution in [-0.2, 0) is 9.53 Å². The average Bonchev–Trinajstić information content (AvgIpc) is 2.63. The number of nitrogens with zero attached hydrogens (tertiary/aromatic N) is 1. The van der Waals surface area contributed by atoms with Crippen LogP contribution in [-0.4, -0.2) is 30.4 Å². The van der Waals surface area contributed by atoms with Crippen LogP contribution in [0.5, 0.6) is 0 Å². The highest BCUT2D eigenvalue weighted by molar-refractivity contribution is 5.80. The Kier molecular flexibility index (Phi) is 7.00. The lowest BCUT2D eigenvalue weighted by molar-refractivity contribution is -0.105. The van der Waals surface area contributed by atoms with Gasteiger partial charge in [-0.25, -0.2) is 0 Å². The molecule has 0 radical (unpaired) electrons. The first-order valence-corrected chi connectivity index (χ1v) is 7.63. The van der Waals surface area contributed by atoms with Crippen molar-refractivity contribution in [3.8, 4) is 0 Å². The van der Waals surface area contributed by atoms with Gasteiger partial charge in [0.1, 0.15) is 5.76 Å². The summed E-state index contributed by atoms with van der Waals surface area (Å²) in [7, 11) is 0. The van der Waals surface area contributed by atoms with E-state index in [4.69, 9.17) is 4.74 Å². The Balaban J connectivity index is 2.97. The van der Waals surface area contributed by atoms with Gasteiger partial charge in [-0.15, -0.1) is 0 Å². The SMILES string of the molecule is C=C1C(C=O)=C(OCC)CCCN1C(C)/C=C\C(C)=C/C. The number of carbonyl (C=O) groups is 1. The minimum atomic E-state index is 0.198. The molecule has 0 aromatic carbocycles. The molecule has 21 heavy (non-hydrogen) atoms. The Labute approximate surface area is 128 Å². The number of allylic oxidation sites excluding steroid dienone is 5. The molecule has 0 spiro atoms. The standard InChI is InChI=1S/C18H27NO2/c1-6-14(3)10-11-15(4)19-12-8-9-18(21-7-2)17(13-20)16(19)5/h6,10-11,13,15H,5,7-9,12H2,1-4H3/b11-10-,14-6-. The van der Waals surface area contributed by atoms with E-state index < -0.39 is 0 Å². The van der Waals surface area contributed by atoms with Crippen molar-refractivity contribution in [2.24, 2.45) is 0 Å². The Hall–Kier alpha value is -1.77. The molecule has 1 rings (SSSR count). The number of rotatable bonds is 6. The molecule has 1 aliphatic heterocycles. The van der Waals surface area contributed by atoms with Gasteiger partial charge in [-0.1, -0.05) is 30.4 Å². The molecular formula is C18H27NO2. The van der Waals surface area contributed by atoms with Crippen LogP contribution in [0.4, 0.5) is 0 Å². The summed E-state index contributed by atoms with van der Waals surface area (Å²) in [6, 6.07) is 0.198. The smallest absolute Gasteiger partial charge is 0.155 e. The number of aldehydes is 1. The van der Waals surface area contributed by atoms with Crippen LogP contribution >= 0.6 is 0 Å². The molecule has 1 atom stereocenters. The van der Waals surface area contributed by atoms with Crippen LogP contribution in [0.25, 0.3) is 0 Å². The van der Waals surface area contributed by atoms with Crippen molar-refractivity contribution in [1.29, 1.82) is 0 Å². The molecule has 0 aromatic rings. The third kappa shape index (κ3) is 4.62. The largest absolute Gasteiger partial charge is 0.497 e. The fourth-order valence-electron chi connectivity index (χ4n) is 2.39. The van der Waals surface area contributed by atoms with Gasteiger partial charge in [0.15, 0.2) is 6.29 Å². The molecule has 0 saturated carbocycles. The maximum Gasteiger partial charge on any atom is 0.155 e. The van der Waals surface area contributed by atoms with E-state index >= 15 is 0 Å². The highest BCUT2D eigenvalue weighted by Gasteiger charge is 2.23. The Bertz CT molecular complexity index is 472. The Morgan fingerprint density at radius 1 is 1.52 bits per heavy atom. The predicted octanol–water partition coefficient (Wildman–Crippen LogP) is 4.00. The first-order valence-electron chi connectivity index (χ1n) is 7.63. The van der Waals surface area contributed by atoms with Crippen LogP contribution in [0.1, 0.15) is 40.5 Å². The molecule has 0 bridgehead atoms. The maximum atomic E-state index is 11.4. The van der Waals surface area contributed by atoms with Gasteiger partial charge in [-0.05, 0) is 34.1 Å². The average molecular weight is 289 g/mol. The van der Waals surface area contributed by atoms with Crippen molar-refractivity contribution in [3.63, 3.8) is 0 Å². The maximum absolute atomic E-state index is 11.4. The molecule has 116 valence electrons. The molecule has 3 heteroatoms. The van der Waals surface area contributed by atoms with Gasteiger partial charge in [0, 0.05) is 24.7 Å². The minimum absolute atomic E-state index is 0.198. The number of ether oxygens (including phenoxy) is 1. The quantitative estimate of drug-likeness (QED) is 0.547. The van der Waals surface area contributed by atoms with E-state index in [1.807, 2.05) is 13.8 Å². The summed E-state index contributed by atoms with van der Waals surface area (Å²) in [5, 5.41) is 0. The molecule has 1 aliphatic rings. The fraction of sp³-hybridized carbons (Fsp3) is 0.500. The topological polar surface area (TPSA) is 29.5 Å². The van der Waals surface area contributed by atoms with Crippen molar-refractivity contribution < 1.29 is 9.53 Å². The summed E-state index contributed by atoms with van der Waals surface area (Å²) >= 11 is 0. The summed E-state index contributed by atoms with van der Waals surface area (Å²) in [5.74, 6) is 0.779. The highest BCUT2D eigenvalue weighted by atomic mass is 16.5. The number of hydrogen-bond donors (Lipinski definition) is 0. The zero-order valence-corrected chi connectivity index (χ0v) is 13.7. The molecule has 0 saturated heterocycles. The number of carbonyl (C=O) groups excluding carboxylic acids is 1. The van der Waals surface area contributed by atoms with Crippen molar-refractivity contribution in [2.75, 3.05) is 13.2 Å². The second kappa shape index (κ2) is 8.50. The Morgan fingerprint density at radius 2 is 2.24 bits per heavy atom. The van der Waals surface area contributed by atoms with E-state index in [2.05, 4.69) is 43.6 Å². The van der Waals surface area contributed by atoms with E-state index in [0.717, 1.165) is 37.1 Å². The van der Waals surface area contributed by atoms with E-state index in [0.29, 0.717) is 12.2 Å². The molecule has 0 N–H and O–H groups in total. The summed E-state index contributed by atoms with van der Waals surface area (Å²) in [4.78, 5) is 13.6. The van der Waals surface area contributed by atoms with Crippen LogP contribution in [0.3, 0.4) is 0 Å². The van der Waals surface area contributed by atoms with Crippen LogP contribution < -0.4 is 0 Å². The molecule has 0 fully saturated rings. The normalized spacial score (nSPS) is 19.0. The van der Waals surface area contributed by atoms with E-state index in [-0.39, 0.29) is 6.04 Å². The van der Waals surface area contributed by atoms with E-state index in [1.165, 1.54) is 5.57 Å². The predicted molar refractivity (Wildman–Crippen MR) is 87.8 cm³/mol. The Morgan fingerprint density at radius 3 is 2.81 bits per heavy atom. The third-order valence-corrected chi connectivity index (χ3v) is 3.78. The first-order chi connectivity index (χ1) is 10.0. The van der Waals surface area contributed by atoms with Crippen LogP contribution in [0.15, 0.2) is 47.4 Å². The zero-order chi connectivity index (χ0) is 15.8. The lowest BCUT2D eigenvalue weighted by atomic mass is 10.1. The molecule has 1 heterocycles. The van der Waals surface area contributed by atoms with E-state index in [1.54, 1.807) is 0 Å². The minimum Gasteiger partial charge on any atom is -0.497 e. The van der Waals surface area contributed by atoms with Crippen LogP contribution in [0.2, 0.25) is 0 Å². The monoisotopic (exact) mass is 289 g/mol. The van der Waals surface area contributed by atoms with Crippen molar-refractivity contribution in [3.05, 3.63) is 47.4 Å². The molecule has 0 aromatic heterocycles. The van der Waals surface area contributed by atoms with E-state index in [9.17, 15) is 4.79 Å². The first kappa shape index (κ1) is 17.3. The number of hydrogen-bond acceptors (Lipinski definition) is 3. The summed E-state index contributed by atoms with van der Waals surface area (Å²) in [6.45, 7) is 13.7. The van der Waals surface area contributed by atoms with Crippen LogP contribution in [0, 0.1) is 0 Å². The molecule has 0 amide bonds. The summed E-state index contributed by atoms with van der Waals surface area (Å²) in [6.07, 6.45) is 8.96. The highest BCUT2D eigenvalue weighted by Crippen LogP contribution is 2.27.